The second-order valence-electron chi connectivity index (χ2n) is 8.42. The van der Waals surface area contributed by atoms with Crippen molar-refractivity contribution in [2.24, 2.45) is 0 Å². The number of benzene rings is 3. The van der Waals surface area contributed by atoms with Crippen molar-refractivity contribution in [2.75, 3.05) is 28.6 Å². The molecular weight excluding hydrogens is 438 g/mol. The molecule has 34 heavy (non-hydrogen) atoms. The molecule has 1 aliphatic heterocycles. The maximum absolute atomic E-state index is 13.6. The molecule has 3 aromatic rings. The van der Waals surface area contributed by atoms with E-state index in [-0.39, 0.29) is 12.6 Å². The third-order valence-corrected chi connectivity index (χ3v) is 5.67. The van der Waals surface area contributed by atoms with E-state index in [0.29, 0.717) is 42.1 Å². The van der Waals surface area contributed by atoms with Gasteiger partial charge in [-0.25, -0.2) is 18.4 Å². The largest absolute Gasteiger partial charge is 0.324 e. The van der Waals surface area contributed by atoms with Crippen LogP contribution in [-0.2, 0) is 6.54 Å². The number of amides is 4. The lowest BCUT2D eigenvalue weighted by Crippen LogP contribution is -2.49. The molecule has 0 bridgehead atoms. The molecule has 176 valence electrons. The van der Waals surface area contributed by atoms with Crippen LogP contribution in [0.5, 0.6) is 0 Å². The maximum Gasteiger partial charge on any atom is 0.324 e. The molecule has 0 saturated carbocycles. The molecule has 0 unspecified atom stereocenters. The van der Waals surface area contributed by atoms with Crippen LogP contribution >= 0.6 is 0 Å². The summed E-state index contributed by atoms with van der Waals surface area (Å²) in [5.74, 6) is -1.86. The van der Waals surface area contributed by atoms with E-state index in [2.05, 4.69) is 10.6 Å². The van der Waals surface area contributed by atoms with E-state index in [1.165, 1.54) is 6.07 Å². The minimum atomic E-state index is -0.941. The van der Waals surface area contributed by atoms with Gasteiger partial charge in [-0.1, -0.05) is 29.8 Å². The molecule has 4 rings (SSSR count). The van der Waals surface area contributed by atoms with Crippen LogP contribution in [0.2, 0.25) is 0 Å². The van der Waals surface area contributed by atoms with E-state index >= 15 is 0 Å². The van der Waals surface area contributed by atoms with Gasteiger partial charge in [0.05, 0.1) is 11.4 Å². The summed E-state index contributed by atoms with van der Waals surface area (Å²) in [4.78, 5) is 29.1. The fourth-order valence-electron chi connectivity index (χ4n) is 3.92. The zero-order chi connectivity index (χ0) is 24.2. The molecule has 1 aliphatic rings. The van der Waals surface area contributed by atoms with E-state index in [0.717, 1.165) is 23.3 Å². The highest BCUT2D eigenvalue weighted by atomic mass is 19.2. The smallest absolute Gasteiger partial charge is 0.320 e. The van der Waals surface area contributed by atoms with Gasteiger partial charge in [0.1, 0.15) is 0 Å². The number of urea groups is 2. The number of nitrogens with zero attached hydrogens (tertiary/aromatic N) is 2. The standard InChI is InChI=1S/C26H26F2N4O2/c1-17-4-8-20(9-5-17)29-25(33)30-23-14-18(2)6-11-24(23)32-13-3-12-31(26(32)34)16-19-7-10-21(27)22(28)15-19/h4-11,14-15H,3,12-13,16H2,1-2H3,(H2,29,30,33). The Morgan fingerprint density at radius 2 is 1.62 bits per heavy atom. The Morgan fingerprint density at radius 3 is 2.35 bits per heavy atom. The molecule has 8 heteroatoms. The molecule has 2 N–H and O–H groups in total. The summed E-state index contributed by atoms with van der Waals surface area (Å²) in [5, 5.41) is 5.66. The van der Waals surface area contributed by atoms with E-state index in [4.69, 9.17) is 0 Å². The predicted molar refractivity (Wildman–Crippen MR) is 129 cm³/mol. The molecule has 0 aromatic heterocycles. The zero-order valence-electron chi connectivity index (χ0n) is 19.1. The second-order valence-corrected chi connectivity index (χ2v) is 8.42. The Balaban J connectivity index is 1.52. The molecule has 0 spiro atoms. The lowest BCUT2D eigenvalue weighted by Gasteiger charge is -2.36. The molecule has 6 nitrogen and oxygen atoms in total. The van der Waals surface area contributed by atoms with Gasteiger partial charge in [-0.2, -0.15) is 0 Å². The summed E-state index contributed by atoms with van der Waals surface area (Å²) < 4.78 is 26.9. The van der Waals surface area contributed by atoms with Crippen LogP contribution in [-0.4, -0.2) is 30.1 Å². The minimum absolute atomic E-state index is 0.162. The molecule has 0 aliphatic carbocycles. The third-order valence-electron chi connectivity index (χ3n) is 5.67. The Labute approximate surface area is 197 Å². The van der Waals surface area contributed by atoms with Crippen molar-refractivity contribution in [3.63, 3.8) is 0 Å². The van der Waals surface area contributed by atoms with Gasteiger partial charge >= 0.3 is 12.1 Å². The molecule has 1 fully saturated rings. The van der Waals surface area contributed by atoms with Gasteiger partial charge in [0.15, 0.2) is 11.6 Å². The highest BCUT2D eigenvalue weighted by Crippen LogP contribution is 2.30. The number of halogens is 2. The summed E-state index contributed by atoms with van der Waals surface area (Å²) in [6, 6.07) is 15.9. The number of rotatable bonds is 5. The molecule has 1 saturated heterocycles. The van der Waals surface area contributed by atoms with Gasteiger partial charge in [-0.05, 0) is 67.8 Å². The quantitative estimate of drug-likeness (QED) is 0.482. The van der Waals surface area contributed by atoms with Crippen molar-refractivity contribution >= 4 is 29.1 Å². The second kappa shape index (κ2) is 9.91. The zero-order valence-corrected chi connectivity index (χ0v) is 19.1. The average Bonchev–Trinajstić information content (AvgIpc) is 2.80. The van der Waals surface area contributed by atoms with Gasteiger partial charge < -0.3 is 15.5 Å². The number of nitrogens with one attached hydrogen (secondary N) is 2. The SMILES string of the molecule is Cc1ccc(NC(=O)Nc2cc(C)ccc2N2CCCN(Cc3ccc(F)c(F)c3)C2=O)cc1. The number of hydrogen-bond acceptors (Lipinski definition) is 2. The molecule has 4 amide bonds. The number of carbonyl (C=O) groups excluding carboxylic acids is 2. The lowest BCUT2D eigenvalue weighted by molar-refractivity contribution is 0.192. The Morgan fingerprint density at radius 1 is 0.882 bits per heavy atom. The van der Waals surface area contributed by atoms with Crippen molar-refractivity contribution in [3.8, 4) is 0 Å². The van der Waals surface area contributed by atoms with E-state index in [1.807, 2.05) is 50.2 Å². The molecule has 0 atom stereocenters. The van der Waals surface area contributed by atoms with Crippen LogP contribution in [0.25, 0.3) is 0 Å². The Bertz CT molecular complexity index is 1210. The van der Waals surface area contributed by atoms with Crippen LogP contribution in [0.1, 0.15) is 23.1 Å². The number of carbonyl (C=O) groups is 2. The van der Waals surface area contributed by atoms with E-state index < -0.39 is 17.7 Å². The first kappa shape index (κ1) is 23.2. The van der Waals surface area contributed by atoms with Crippen molar-refractivity contribution in [1.82, 2.24) is 4.90 Å². The normalized spacial score (nSPS) is 13.7. The highest BCUT2D eigenvalue weighted by molar-refractivity contribution is 6.04. The van der Waals surface area contributed by atoms with Crippen LogP contribution in [0.3, 0.4) is 0 Å². The number of anilines is 3. The van der Waals surface area contributed by atoms with Gasteiger partial charge in [-0.15, -0.1) is 0 Å². The minimum Gasteiger partial charge on any atom is -0.320 e. The fraction of sp³-hybridized carbons (Fsp3) is 0.231. The maximum atomic E-state index is 13.6. The van der Waals surface area contributed by atoms with E-state index in [9.17, 15) is 18.4 Å². The van der Waals surface area contributed by atoms with Crippen LogP contribution in [0, 0.1) is 25.5 Å². The van der Waals surface area contributed by atoms with Gasteiger partial charge in [0.25, 0.3) is 0 Å². The van der Waals surface area contributed by atoms with Gasteiger partial charge in [0.2, 0.25) is 0 Å². The van der Waals surface area contributed by atoms with Crippen molar-refractivity contribution < 1.29 is 18.4 Å². The van der Waals surface area contributed by atoms with Crippen molar-refractivity contribution in [2.45, 2.75) is 26.8 Å². The Hall–Kier alpha value is -3.94. The first-order valence-electron chi connectivity index (χ1n) is 11.1. The Kier molecular flexibility index (Phi) is 6.77. The van der Waals surface area contributed by atoms with Crippen LogP contribution in [0.4, 0.5) is 35.4 Å². The average molecular weight is 465 g/mol. The first-order chi connectivity index (χ1) is 16.3. The predicted octanol–water partition coefficient (Wildman–Crippen LogP) is 6.06. The van der Waals surface area contributed by atoms with Gasteiger partial charge in [0, 0.05) is 25.3 Å². The topological polar surface area (TPSA) is 64.7 Å². The molecule has 3 aromatic carbocycles. The lowest BCUT2D eigenvalue weighted by atomic mass is 10.1. The van der Waals surface area contributed by atoms with Gasteiger partial charge in [-0.3, -0.25) is 4.90 Å². The first-order valence-corrected chi connectivity index (χ1v) is 11.1. The monoisotopic (exact) mass is 464 g/mol. The summed E-state index contributed by atoms with van der Waals surface area (Å²) >= 11 is 0. The third kappa shape index (κ3) is 5.33. The summed E-state index contributed by atoms with van der Waals surface area (Å²) in [6.07, 6.45) is 0.693. The molecular formula is C26H26F2N4O2. The van der Waals surface area contributed by atoms with Crippen molar-refractivity contribution in [3.05, 3.63) is 89.0 Å². The molecule has 1 heterocycles. The van der Waals surface area contributed by atoms with Crippen molar-refractivity contribution in [1.29, 1.82) is 0 Å². The number of hydrogen-bond donors (Lipinski definition) is 2. The fourth-order valence-corrected chi connectivity index (χ4v) is 3.92. The summed E-state index contributed by atoms with van der Waals surface area (Å²) in [7, 11) is 0. The van der Waals surface area contributed by atoms with Crippen LogP contribution in [0.15, 0.2) is 60.7 Å². The summed E-state index contributed by atoms with van der Waals surface area (Å²) in [6.45, 7) is 5.00. The van der Waals surface area contributed by atoms with Crippen LogP contribution < -0.4 is 15.5 Å². The van der Waals surface area contributed by atoms with E-state index in [1.54, 1.807) is 15.9 Å². The number of aryl methyl sites for hydroxylation is 2. The highest BCUT2D eigenvalue weighted by Gasteiger charge is 2.29. The molecule has 0 radical (unpaired) electrons. The summed E-state index contributed by atoms with van der Waals surface area (Å²) in [5.41, 5.74) is 4.26.